The quantitative estimate of drug-likeness (QED) is 0.625. The molecule has 0 saturated carbocycles. The molecule has 1 atom stereocenters. The molecule has 1 N–H and O–H groups in total. The molecule has 3 aromatic carbocycles. The number of aryl methyl sites for hydroxylation is 1. The highest BCUT2D eigenvalue weighted by molar-refractivity contribution is 7.92. The second kappa shape index (κ2) is 8.13. The summed E-state index contributed by atoms with van der Waals surface area (Å²) in [6, 6.07) is 18.6. The van der Waals surface area contributed by atoms with Gasteiger partial charge < -0.3 is 10.1 Å². The summed E-state index contributed by atoms with van der Waals surface area (Å²) in [4.78, 5) is 13.1. The molecule has 4 rings (SSSR count). The lowest BCUT2D eigenvalue weighted by Crippen LogP contribution is -2.45. The first-order valence-corrected chi connectivity index (χ1v) is 12.4. The van der Waals surface area contributed by atoms with Crippen LogP contribution in [0.25, 0.3) is 10.8 Å². The van der Waals surface area contributed by atoms with Gasteiger partial charge in [0, 0.05) is 17.4 Å². The van der Waals surface area contributed by atoms with Crippen molar-refractivity contribution >= 4 is 32.4 Å². The number of benzene rings is 3. The van der Waals surface area contributed by atoms with Crippen LogP contribution in [-0.4, -0.2) is 32.7 Å². The Bertz CT molecular complexity index is 1280. The van der Waals surface area contributed by atoms with Gasteiger partial charge in [0.05, 0.1) is 18.0 Å². The number of carbonyl (C=O) groups excluding carboxylic acids is 1. The average Bonchev–Trinajstić information content (AvgIpc) is 2.69. The van der Waals surface area contributed by atoms with Gasteiger partial charge in [-0.25, -0.2) is 8.42 Å². The van der Waals surface area contributed by atoms with Crippen molar-refractivity contribution in [1.29, 1.82) is 0 Å². The van der Waals surface area contributed by atoms with E-state index in [0.717, 1.165) is 33.9 Å². The molecule has 7 heteroatoms. The van der Waals surface area contributed by atoms with Crippen LogP contribution in [0.4, 0.5) is 5.69 Å². The summed E-state index contributed by atoms with van der Waals surface area (Å²) >= 11 is 0. The van der Waals surface area contributed by atoms with Gasteiger partial charge >= 0.3 is 0 Å². The predicted molar refractivity (Wildman–Crippen MR) is 128 cm³/mol. The van der Waals surface area contributed by atoms with E-state index in [0.29, 0.717) is 12.1 Å². The standard InChI is InChI=1S/C25H28N2O4S/c1-17-12-13-20-21(15-25(2,3)31-23(20)14-17)26-24(28)16-27(32(4,29)30)22-11-7-9-18-8-5-6-10-19(18)22/h5-14,21H,15-16H2,1-4H3,(H,26,28). The van der Waals surface area contributed by atoms with Gasteiger partial charge in [0.2, 0.25) is 15.9 Å². The highest BCUT2D eigenvalue weighted by Gasteiger charge is 2.35. The Balaban J connectivity index is 1.63. The predicted octanol–water partition coefficient (Wildman–Crippen LogP) is 4.33. The topological polar surface area (TPSA) is 75.7 Å². The van der Waals surface area contributed by atoms with E-state index in [1.54, 1.807) is 12.1 Å². The maximum Gasteiger partial charge on any atom is 0.241 e. The van der Waals surface area contributed by atoms with Crippen LogP contribution in [0.15, 0.2) is 60.7 Å². The molecule has 0 aliphatic carbocycles. The van der Waals surface area contributed by atoms with Crippen molar-refractivity contribution in [2.24, 2.45) is 0 Å². The van der Waals surface area contributed by atoms with Crippen LogP contribution in [-0.2, 0) is 14.8 Å². The molecule has 1 heterocycles. The van der Waals surface area contributed by atoms with Crippen molar-refractivity contribution in [3.05, 3.63) is 71.8 Å². The van der Waals surface area contributed by atoms with Gasteiger partial charge in [-0.2, -0.15) is 0 Å². The molecule has 1 aliphatic rings. The molecule has 0 spiro atoms. The van der Waals surface area contributed by atoms with Crippen molar-refractivity contribution in [3.8, 4) is 5.75 Å². The molecule has 1 aliphatic heterocycles. The summed E-state index contributed by atoms with van der Waals surface area (Å²) in [5.74, 6) is 0.387. The molecule has 0 fully saturated rings. The van der Waals surface area contributed by atoms with Gasteiger partial charge in [-0.3, -0.25) is 9.10 Å². The Morgan fingerprint density at radius 1 is 1.12 bits per heavy atom. The summed E-state index contributed by atoms with van der Waals surface area (Å²) in [7, 11) is -3.69. The lowest BCUT2D eigenvalue weighted by molar-refractivity contribution is -0.120. The van der Waals surface area contributed by atoms with E-state index in [-0.39, 0.29) is 18.5 Å². The lowest BCUT2D eigenvalue weighted by atomic mass is 9.89. The lowest BCUT2D eigenvalue weighted by Gasteiger charge is -2.38. The van der Waals surface area contributed by atoms with E-state index in [1.807, 2.05) is 69.3 Å². The second-order valence-electron chi connectivity index (χ2n) is 9.00. The molecule has 168 valence electrons. The zero-order valence-electron chi connectivity index (χ0n) is 18.8. The van der Waals surface area contributed by atoms with E-state index in [2.05, 4.69) is 5.32 Å². The molecular weight excluding hydrogens is 424 g/mol. The number of amides is 1. The van der Waals surface area contributed by atoms with E-state index in [4.69, 9.17) is 4.74 Å². The number of hydrogen-bond acceptors (Lipinski definition) is 4. The van der Waals surface area contributed by atoms with Crippen LogP contribution in [0.5, 0.6) is 5.75 Å². The smallest absolute Gasteiger partial charge is 0.241 e. The van der Waals surface area contributed by atoms with Crippen molar-refractivity contribution in [2.75, 3.05) is 17.1 Å². The van der Waals surface area contributed by atoms with E-state index in [1.165, 1.54) is 4.31 Å². The number of nitrogens with one attached hydrogen (secondary N) is 1. The third kappa shape index (κ3) is 4.58. The molecule has 0 bridgehead atoms. The third-order valence-electron chi connectivity index (χ3n) is 5.68. The highest BCUT2D eigenvalue weighted by Crippen LogP contribution is 2.40. The van der Waals surface area contributed by atoms with E-state index < -0.39 is 15.6 Å². The highest BCUT2D eigenvalue weighted by atomic mass is 32.2. The fourth-order valence-corrected chi connectivity index (χ4v) is 5.13. The van der Waals surface area contributed by atoms with Crippen LogP contribution in [0.1, 0.15) is 37.4 Å². The molecule has 6 nitrogen and oxygen atoms in total. The normalized spacial score (nSPS) is 17.3. The van der Waals surface area contributed by atoms with Gasteiger partial charge in [0.15, 0.2) is 0 Å². The number of rotatable bonds is 5. The Morgan fingerprint density at radius 3 is 2.59 bits per heavy atom. The number of nitrogens with zero attached hydrogens (tertiary/aromatic N) is 1. The Labute approximate surface area is 189 Å². The number of ether oxygens (including phenoxy) is 1. The summed E-state index contributed by atoms with van der Waals surface area (Å²) in [6.07, 6.45) is 1.71. The first kappa shape index (κ1) is 22.1. The minimum atomic E-state index is -3.69. The number of anilines is 1. The van der Waals surface area contributed by atoms with Crippen molar-refractivity contribution < 1.29 is 17.9 Å². The molecule has 1 amide bonds. The second-order valence-corrected chi connectivity index (χ2v) is 10.9. The molecule has 0 saturated heterocycles. The summed E-state index contributed by atoms with van der Waals surface area (Å²) in [5, 5.41) is 4.74. The van der Waals surface area contributed by atoms with Crippen LogP contribution in [0.2, 0.25) is 0 Å². The van der Waals surface area contributed by atoms with E-state index in [9.17, 15) is 13.2 Å². The first-order chi connectivity index (χ1) is 15.0. The molecule has 3 aromatic rings. The zero-order valence-corrected chi connectivity index (χ0v) is 19.6. The van der Waals surface area contributed by atoms with Crippen LogP contribution < -0.4 is 14.4 Å². The average molecular weight is 453 g/mol. The monoisotopic (exact) mass is 452 g/mol. The van der Waals surface area contributed by atoms with Gasteiger partial charge in [-0.05, 0) is 43.9 Å². The van der Waals surface area contributed by atoms with E-state index >= 15 is 0 Å². The Hall–Kier alpha value is -3.06. The van der Waals surface area contributed by atoms with Gasteiger partial charge in [-0.1, -0.05) is 48.5 Å². The largest absolute Gasteiger partial charge is 0.487 e. The van der Waals surface area contributed by atoms with Crippen LogP contribution in [0, 0.1) is 6.92 Å². The minimum Gasteiger partial charge on any atom is -0.487 e. The van der Waals surface area contributed by atoms with Crippen LogP contribution in [0.3, 0.4) is 0 Å². The number of fused-ring (bicyclic) bond motifs is 2. The minimum absolute atomic E-state index is 0.268. The summed E-state index contributed by atoms with van der Waals surface area (Å²) < 4.78 is 32.6. The summed E-state index contributed by atoms with van der Waals surface area (Å²) in [6.45, 7) is 5.66. The molecular formula is C25H28N2O4S. The van der Waals surface area contributed by atoms with Gasteiger partial charge in [0.1, 0.15) is 17.9 Å². The third-order valence-corrected chi connectivity index (χ3v) is 6.81. The van der Waals surface area contributed by atoms with Crippen molar-refractivity contribution in [2.45, 2.75) is 38.8 Å². The molecule has 1 unspecified atom stereocenters. The Morgan fingerprint density at radius 2 is 1.84 bits per heavy atom. The number of hydrogen-bond donors (Lipinski definition) is 1. The van der Waals surface area contributed by atoms with Gasteiger partial charge in [0.25, 0.3) is 0 Å². The van der Waals surface area contributed by atoms with Crippen LogP contribution >= 0.6 is 0 Å². The Kier molecular flexibility index (Phi) is 5.63. The van der Waals surface area contributed by atoms with Crippen molar-refractivity contribution in [3.63, 3.8) is 0 Å². The maximum absolute atomic E-state index is 13.1. The SMILES string of the molecule is Cc1ccc2c(c1)OC(C)(C)CC2NC(=O)CN(c1cccc2ccccc12)S(C)(=O)=O. The maximum atomic E-state index is 13.1. The first-order valence-electron chi connectivity index (χ1n) is 10.6. The fourth-order valence-electron chi connectivity index (χ4n) is 4.26. The molecule has 32 heavy (non-hydrogen) atoms. The van der Waals surface area contributed by atoms with Gasteiger partial charge in [-0.15, -0.1) is 0 Å². The fraction of sp³-hybridized carbons (Fsp3) is 0.320. The molecule has 0 aromatic heterocycles. The number of carbonyl (C=O) groups is 1. The zero-order chi connectivity index (χ0) is 23.1. The van der Waals surface area contributed by atoms with Crippen molar-refractivity contribution in [1.82, 2.24) is 5.32 Å². The summed E-state index contributed by atoms with van der Waals surface area (Å²) in [5.41, 5.74) is 2.01. The number of sulfonamides is 1. The molecule has 0 radical (unpaired) electrons.